The summed E-state index contributed by atoms with van der Waals surface area (Å²) in [6.07, 6.45) is 6.52. The molecule has 1 aliphatic heterocycles. The van der Waals surface area contributed by atoms with Crippen LogP contribution < -0.4 is 9.47 Å². The van der Waals surface area contributed by atoms with E-state index in [0.717, 1.165) is 45.9 Å². The largest absolute Gasteiger partial charge is 0.332 e. The Morgan fingerprint density at radius 3 is 2.49 bits per heavy atom. The Hall–Kier alpha value is -3.41. The average Bonchev–Trinajstić information content (AvgIpc) is 3.32. The third-order valence-corrected chi connectivity index (χ3v) is 8.52. The van der Waals surface area contributed by atoms with Crippen molar-refractivity contribution in [2.24, 2.45) is 7.05 Å². The van der Waals surface area contributed by atoms with Gasteiger partial charge in [0.25, 0.3) is 0 Å². The van der Waals surface area contributed by atoms with Crippen LogP contribution in [0.1, 0.15) is 44.4 Å². The first-order valence-corrected chi connectivity index (χ1v) is 14.6. The van der Waals surface area contributed by atoms with Crippen molar-refractivity contribution in [1.29, 1.82) is 0 Å². The second kappa shape index (κ2) is 11.8. The van der Waals surface area contributed by atoms with Crippen LogP contribution in [0.5, 0.6) is 0 Å². The van der Waals surface area contributed by atoms with Gasteiger partial charge in [0, 0.05) is 35.2 Å². The molecule has 4 aromatic rings. The van der Waals surface area contributed by atoms with Crippen LogP contribution >= 0.6 is 11.8 Å². The molecule has 0 spiro atoms. The van der Waals surface area contributed by atoms with Gasteiger partial charge in [-0.3, -0.25) is 4.90 Å². The molecule has 2 heterocycles. The van der Waals surface area contributed by atoms with Crippen molar-refractivity contribution in [3.05, 3.63) is 113 Å². The highest BCUT2D eigenvalue weighted by Crippen LogP contribution is 2.48. The van der Waals surface area contributed by atoms with E-state index in [1.165, 1.54) is 16.0 Å². The second-order valence-corrected chi connectivity index (χ2v) is 11.3. The highest BCUT2D eigenvalue weighted by Gasteiger charge is 2.27. The quantitative estimate of drug-likeness (QED) is 0.210. The number of benzene rings is 3. The number of hydrogen-bond donors (Lipinski definition) is 0. The minimum atomic E-state index is -0.156. The number of rotatable bonds is 8. The Balaban J connectivity index is 1.65. The molecule has 0 N–H and O–H groups in total. The molecule has 5 rings (SSSR count). The number of aromatic nitrogens is 1. The van der Waals surface area contributed by atoms with Gasteiger partial charge in [0.15, 0.2) is 6.20 Å². The van der Waals surface area contributed by atoms with E-state index in [1.54, 1.807) is 17.8 Å². The van der Waals surface area contributed by atoms with Gasteiger partial charge >= 0.3 is 0 Å². The van der Waals surface area contributed by atoms with Gasteiger partial charge in [-0.05, 0) is 80.1 Å². The summed E-state index contributed by atoms with van der Waals surface area (Å²) >= 11 is 1.78. The van der Waals surface area contributed by atoms with Gasteiger partial charge in [-0.25, -0.2) is 8.96 Å². The zero-order valence-corrected chi connectivity index (χ0v) is 24.3. The molecule has 200 valence electrons. The molecule has 5 heteroatoms. The van der Waals surface area contributed by atoms with Crippen LogP contribution in [0.15, 0.2) is 95.0 Å². The molecule has 39 heavy (non-hydrogen) atoms. The van der Waals surface area contributed by atoms with Crippen molar-refractivity contribution in [2.45, 2.75) is 45.2 Å². The molecule has 1 aliphatic rings. The standard InChI is InChI=1S/C34H37FN3S/c1-6-37(7-2)23-27-17-16-25(21-30(27)35)28(20-26-18-19-36(5)31-13-9-8-12-29(26)31)22-34-38(24(3)4)32-14-10-11-15-33(32)39-34/h8-22,24H,6-7,23H2,1-5H3/q+1. The molecule has 0 atom stereocenters. The van der Waals surface area contributed by atoms with E-state index < -0.39 is 0 Å². The SMILES string of the molecule is CCN(CC)Cc1ccc(C(=C\c2cc[n+](C)c3ccccc23)/C=C2\Sc3ccccc3N2C(C)C)cc1F. The van der Waals surface area contributed by atoms with Crippen molar-refractivity contribution >= 4 is 40.0 Å². The Kier molecular flexibility index (Phi) is 8.20. The normalized spacial score (nSPS) is 14.7. The topological polar surface area (TPSA) is 10.4 Å². The fourth-order valence-corrected chi connectivity index (χ4v) is 6.46. The molecule has 1 aromatic heterocycles. The van der Waals surface area contributed by atoms with Crippen LogP contribution in [0.25, 0.3) is 22.6 Å². The number of aryl methyl sites for hydroxylation is 1. The maximum atomic E-state index is 15.5. The fraction of sp³-hybridized carbons (Fsp3) is 0.265. The lowest BCUT2D eigenvalue weighted by Crippen LogP contribution is -2.28. The minimum Gasteiger partial charge on any atom is -0.332 e. The first-order chi connectivity index (χ1) is 18.9. The summed E-state index contributed by atoms with van der Waals surface area (Å²) in [6, 6.07) is 25.1. The molecular formula is C34H37FN3S+. The summed E-state index contributed by atoms with van der Waals surface area (Å²) in [5, 5.41) is 2.32. The number of fused-ring (bicyclic) bond motifs is 2. The second-order valence-electron chi connectivity index (χ2n) is 10.3. The van der Waals surface area contributed by atoms with Gasteiger partial charge in [-0.1, -0.05) is 62.0 Å². The van der Waals surface area contributed by atoms with Crippen molar-refractivity contribution in [1.82, 2.24) is 4.90 Å². The molecule has 0 amide bonds. The van der Waals surface area contributed by atoms with E-state index >= 15 is 4.39 Å². The van der Waals surface area contributed by atoms with E-state index in [9.17, 15) is 0 Å². The number of halogens is 1. The molecule has 0 fully saturated rings. The monoisotopic (exact) mass is 538 g/mol. The van der Waals surface area contributed by atoms with Crippen molar-refractivity contribution in [3.8, 4) is 0 Å². The highest BCUT2D eigenvalue weighted by molar-refractivity contribution is 8.03. The average molecular weight is 539 g/mol. The lowest BCUT2D eigenvalue weighted by Gasteiger charge is -2.25. The predicted molar refractivity (Wildman–Crippen MR) is 164 cm³/mol. The van der Waals surface area contributed by atoms with Gasteiger partial charge in [-0.15, -0.1) is 0 Å². The van der Waals surface area contributed by atoms with Gasteiger partial charge in [0.2, 0.25) is 5.52 Å². The molecule has 0 bridgehead atoms. The first-order valence-electron chi connectivity index (χ1n) is 13.8. The summed E-state index contributed by atoms with van der Waals surface area (Å²) in [5.41, 5.74) is 6.09. The van der Waals surface area contributed by atoms with Gasteiger partial charge in [-0.2, -0.15) is 0 Å². The van der Waals surface area contributed by atoms with Crippen LogP contribution in [0.2, 0.25) is 0 Å². The van der Waals surface area contributed by atoms with Crippen LogP contribution in [0.3, 0.4) is 0 Å². The summed E-state index contributed by atoms with van der Waals surface area (Å²) < 4.78 is 17.7. The molecule has 0 aliphatic carbocycles. The van der Waals surface area contributed by atoms with E-state index in [0.29, 0.717) is 12.6 Å². The minimum absolute atomic E-state index is 0.156. The lowest BCUT2D eigenvalue weighted by molar-refractivity contribution is -0.644. The summed E-state index contributed by atoms with van der Waals surface area (Å²) in [7, 11) is 2.07. The molecular weight excluding hydrogens is 501 g/mol. The molecule has 0 saturated carbocycles. The zero-order chi connectivity index (χ0) is 27.5. The van der Waals surface area contributed by atoms with Crippen LogP contribution in [0, 0.1) is 5.82 Å². The number of hydrogen-bond acceptors (Lipinski definition) is 3. The number of anilines is 1. The number of nitrogens with zero attached hydrogens (tertiary/aromatic N) is 3. The first kappa shape index (κ1) is 27.2. The molecule has 0 saturated heterocycles. The lowest BCUT2D eigenvalue weighted by atomic mass is 9.99. The Labute approximate surface area is 236 Å². The highest BCUT2D eigenvalue weighted by atomic mass is 32.2. The van der Waals surface area contributed by atoms with E-state index in [4.69, 9.17) is 0 Å². The van der Waals surface area contributed by atoms with Crippen LogP contribution in [0.4, 0.5) is 10.1 Å². The molecule has 3 nitrogen and oxygen atoms in total. The Bertz CT molecular complexity index is 1550. The van der Waals surface area contributed by atoms with E-state index in [1.807, 2.05) is 6.07 Å². The molecule has 0 radical (unpaired) electrons. The summed E-state index contributed by atoms with van der Waals surface area (Å²) in [4.78, 5) is 5.86. The fourth-order valence-electron chi connectivity index (χ4n) is 5.22. The zero-order valence-electron chi connectivity index (χ0n) is 23.5. The van der Waals surface area contributed by atoms with Crippen molar-refractivity contribution < 1.29 is 8.96 Å². The van der Waals surface area contributed by atoms with Gasteiger partial charge in [0.05, 0.1) is 16.1 Å². The Morgan fingerprint density at radius 1 is 1.00 bits per heavy atom. The number of pyridine rings is 1. The number of allylic oxidation sites excluding steroid dienone is 2. The van der Waals surface area contributed by atoms with E-state index in [2.05, 4.69) is 128 Å². The maximum absolute atomic E-state index is 15.5. The maximum Gasteiger partial charge on any atom is 0.212 e. The van der Waals surface area contributed by atoms with Crippen LogP contribution in [-0.4, -0.2) is 24.0 Å². The third-order valence-electron chi connectivity index (χ3n) is 7.43. The van der Waals surface area contributed by atoms with Gasteiger partial charge in [0.1, 0.15) is 12.9 Å². The predicted octanol–water partition coefficient (Wildman–Crippen LogP) is 8.05. The van der Waals surface area contributed by atoms with Crippen molar-refractivity contribution in [2.75, 3.05) is 18.0 Å². The number of para-hydroxylation sites is 2. The Morgan fingerprint density at radius 2 is 1.74 bits per heavy atom. The van der Waals surface area contributed by atoms with E-state index in [-0.39, 0.29) is 5.82 Å². The summed E-state index contributed by atoms with van der Waals surface area (Å²) in [5.74, 6) is -0.156. The smallest absolute Gasteiger partial charge is 0.212 e. The van der Waals surface area contributed by atoms with Crippen molar-refractivity contribution in [3.63, 3.8) is 0 Å². The number of thioether (sulfide) groups is 1. The molecule has 0 unspecified atom stereocenters. The third kappa shape index (κ3) is 5.66. The molecule has 3 aromatic carbocycles. The van der Waals surface area contributed by atoms with Crippen LogP contribution in [-0.2, 0) is 13.6 Å². The van der Waals surface area contributed by atoms with Gasteiger partial charge < -0.3 is 4.90 Å². The summed E-state index contributed by atoms with van der Waals surface area (Å²) in [6.45, 7) is 11.1.